The number of H-pyrrole nitrogens is 1. The summed E-state index contributed by atoms with van der Waals surface area (Å²) in [5.41, 5.74) is 2.13. The molecule has 2 aromatic rings. The van der Waals surface area contributed by atoms with Crippen LogP contribution in [0.3, 0.4) is 0 Å². The summed E-state index contributed by atoms with van der Waals surface area (Å²) in [7, 11) is 1.32. The van der Waals surface area contributed by atoms with Crippen LogP contribution in [0.15, 0.2) is 30.3 Å². The number of methoxy groups -OCH3 is 1. The van der Waals surface area contributed by atoms with Gasteiger partial charge in [-0.25, -0.2) is 4.79 Å². The molecule has 98 valence electrons. The molecular formula is C13H13N3O3. The molecule has 2 rings (SSSR count). The molecule has 1 aromatic carbocycles. The van der Waals surface area contributed by atoms with Crippen LogP contribution in [-0.2, 0) is 4.74 Å². The van der Waals surface area contributed by atoms with Crippen molar-refractivity contribution < 1.29 is 14.3 Å². The SMILES string of the molecule is COC(=O)c1ccc(NC(=O)c2cc(C)[nH]n2)cc1. The first-order valence-electron chi connectivity index (χ1n) is 5.62. The Morgan fingerprint density at radius 3 is 2.47 bits per heavy atom. The summed E-state index contributed by atoms with van der Waals surface area (Å²) >= 11 is 0. The van der Waals surface area contributed by atoms with E-state index in [1.54, 1.807) is 30.3 Å². The Bertz CT molecular complexity index is 602. The van der Waals surface area contributed by atoms with Gasteiger partial charge in [-0.15, -0.1) is 0 Å². The predicted octanol–water partition coefficient (Wildman–Crippen LogP) is 1.76. The van der Waals surface area contributed by atoms with Gasteiger partial charge in [0.15, 0.2) is 5.69 Å². The van der Waals surface area contributed by atoms with Gasteiger partial charge in [-0.05, 0) is 37.3 Å². The van der Waals surface area contributed by atoms with E-state index in [-0.39, 0.29) is 5.91 Å². The smallest absolute Gasteiger partial charge is 0.337 e. The number of benzene rings is 1. The van der Waals surface area contributed by atoms with E-state index < -0.39 is 5.97 Å². The molecular weight excluding hydrogens is 246 g/mol. The number of rotatable bonds is 3. The van der Waals surface area contributed by atoms with Gasteiger partial charge in [0.1, 0.15) is 0 Å². The summed E-state index contributed by atoms with van der Waals surface area (Å²) in [4.78, 5) is 23.1. The maximum Gasteiger partial charge on any atom is 0.337 e. The Kier molecular flexibility index (Phi) is 3.61. The molecule has 0 radical (unpaired) electrons. The molecule has 1 heterocycles. The van der Waals surface area contributed by atoms with Crippen LogP contribution in [0.1, 0.15) is 26.5 Å². The molecule has 0 saturated heterocycles. The van der Waals surface area contributed by atoms with Crippen molar-refractivity contribution in [3.05, 3.63) is 47.3 Å². The third kappa shape index (κ3) is 2.98. The van der Waals surface area contributed by atoms with Crippen molar-refractivity contribution in [1.29, 1.82) is 0 Å². The summed E-state index contributed by atoms with van der Waals surface area (Å²) in [5, 5.41) is 9.24. The van der Waals surface area contributed by atoms with Gasteiger partial charge in [0.05, 0.1) is 12.7 Å². The molecule has 0 aliphatic carbocycles. The van der Waals surface area contributed by atoms with E-state index in [4.69, 9.17) is 0 Å². The molecule has 0 saturated carbocycles. The monoisotopic (exact) mass is 259 g/mol. The molecule has 1 amide bonds. The van der Waals surface area contributed by atoms with Gasteiger partial charge < -0.3 is 10.1 Å². The lowest BCUT2D eigenvalue weighted by atomic mass is 10.2. The van der Waals surface area contributed by atoms with Crippen LogP contribution in [-0.4, -0.2) is 29.2 Å². The maximum absolute atomic E-state index is 11.8. The molecule has 1 aromatic heterocycles. The number of amides is 1. The highest BCUT2D eigenvalue weighted by atomic mass is 16.5. The Labute approximate surface area is 109 Å². The zero-order valence-corrected chi connectivity index (χ0v) is 10.6. The van der Waals surface area contributed by atoms with Crippen LogP contribution in [0.25, 0.3) is 0 Å². The number of aromatic nitrogens is 2. The van der Waals surface area contributed by atoms with Gasteiger partial charge in [-0.1, -0.05) is 0 Å². The standard InChI is InChI=1S/C13H13N3O3/c1-8-7-11(16-15-8)12(17)14-10-5-3-9(4-6-10)13(18)19-2/h3-7H,1-2H3,(H,14,17)(H,15,16). The van der Waals surface area contributed by atoms with E-state index in [1.165, 1.54) is 7.11 Å². The fraction of sp³-hybridized carbons (Fsp3) is 0.154. The minimum atomic E-state index is -0.416. The average Bonchev–Trinajstić information content (AvgIpc) is 2.85. The lowest BCUT2D eigenvalue weighted by Crippen LogP contribution is -2.12. The van der Waals surface area contributed by atoms with Crippen molar-refractivity contribution in [3.63, 3.8) is 0 Å². The van der Waals surface area contributed by atoms with Crippen molar-refractivity contribution in [2.24, 2.45) is 0 Å². The first kappa shape index (κ1) is 12.8. The number of hydrogen-bond donors (Lipinski definition) is 2. The second-order valence-corrected chi connectivity index (χ2v) is 3.96. The average molecular weight is 259 g/mol. The highest BCUT2D eigenvalue weighted by Crippen LogP contribution is 2.11. The van der Waals surface area contributed by atoms with Crippen LogP contribution < -0.4 is 5.32 Å². The van der Waals surface area contributed by atoms with Crippen molar-refractivity contribution >= 4 is 17.6 Å². The van der Waals surface area contributed by atoms with Gasteiger partial charge in [0, 0.05) is 11.4 Å². The van der Waals surface area contributed by atoms with Gasteiger partial charge in [0.25, 0.3) is 5.91 Å². The second-order valence-electron chi connectivity index (χ2n) is 3.96. The van der Waals surface area contributed by atoms with Crippen molar-refractivity contribution in [2.45, 2.75) is 6.92 Å². The Morgan fingerprint density at radius 2 is 1.95 bits per heavy atom. The van der Waals surface area contributed by atoms with Crippen LogP contribution in [0.5, 0.6) is 0 Å². The normalized spacial score (nSPS) is 10.0. The predicted molar refractivity (Wildman–Crippen MR) is 69.1 cm³/mol. The quantitative estimate of drug-likeness (QED) is 0.822. The van der Waals surface area contributed by atoms with Gasteiger partial charge in [-0.3, -0.25) is 9.89 Å². The third-order valence-electron chi connectivity index (χ3n) is 2.50. The minimum absolute atomic E-state index is 0.310. The molecule has 6 nitrogen and oxygen atoms in total. The van der Waals surface area contributed by atoms with Crippen molar-refractivity contribution in [2.75, 3.05) is 12.4 Å². The zero-order chi connectivity index (χ0) is 13.8. The summed E-state index contributed by atoms with van der Waals surface area (Å²) in [6.07, 6.45) is 0. The first-order chi connectivity index (χ1) is 9.10. The van der Waals surface area contributed by atoms with Crippen molar-refractivity contribution in [1.82, 2.24) is 10.2 Å². The van der Waals surface area contributed by atoms with Crippen LogP contribution in [0.4, 0.5) is 5.69 Å². The number of carbonyl (C=O) groups excluding carboxylic acids is 2. The Balaban J connectivity index is 2.07. The van der Waals surface area contributed by atoms with E-state index in [1.807, 2.05) is 6.92 Å². The molecule has 2 N–H and O–H groups in total. The number of anilines is 1. The Morgan fingerprint density at radius 1 is 1.26 bits per heavy atom. The lowest BCUT2D eigenvalue weighted by Gasteiger charge is -2.04. The fourth-order valence-corrected chi connectivity index (χ4v) is 1.54. The van der Waals surface area contributed by atoms with E-state index in [9.17, 15) is 9.59 Å². The van der Waals surface area contributed by atoms with Crippen LogP contribution >= 0.6 is 0 Å². The van der Waals surface area contributed by atoms with Crippen LogP contribution in [0, 0.1) is 6.92 Å². The minimum Gasteiger partial charge on any atom is -0.465 e. The van der Waals surface area contributed by atoms with Gasteiger partial charge in [0.2, 0.25) is 0 Å². The van der Waals surface area contributed by atoms with Gasteiger partial charge >= 0.3 is 5.97 Å². The number of aromatic amines is 1. The molecule has 6 heteroatoms. The van der Waals surface area contributed by atoms with E-state index in [0.717, 1.165) is 5.69 Å². The molecule has 0 atom stereocenters. The second kappa shape index (κ2) is 5.34. The molecule has 0 bridgehead atoms. The molecule has 0 spiro atoms. The van der Waals surface area contributed by atoms with E-state index in [0.29, 0.717) is 16.9 Å². The highest BCUT2D eigenvalue weighted by molar-refractivity contribution is 6.03. The summed E-state index contributed by atoms with van der Waals surface area (Å²) in [6, 6.07) is 8.07. The number of hydrogen-bond acceptors (Lipinski definition) is 4. The first-order valence-corrected chi connectivity index (χ1v) is 5.62. The summed E-state index contributed by atoms with van der Waals surface area (Å²) < 4.78 is 4.59. The molecule has 0 aliphatic heterocycles. The molecule has 0 unspecified atom stereocenters. The summed E-state index contributed by atoms with van der Waals surface area (Å²) in [5.74, 6) is -0.726. The number of nitrogens with one attached hydrogen (secondary N) is 2. The van der Waals surface area contributed by atoms with Crippen molar-refractivity contribution in [3.8, 4) is 0 Å². The summed E-state index contributed by atoms with van der Waals surface area (Å²) in [6.45, 7) is 1.81. The number of aryl methyl sites for hydroxylation is 1. The largest absolute Gasteiger partial charge is 0.465 e. The maximum atomic E-state index is 11.8. The number of nitrogens with zero attached hydrogens (tertiary/aromatic N) is 1. The van der Waals surface area contributed by atoms with Crippen LogP contribution in [0.2, 0.25) is 0 Å². The molecule has 19 heavy (non-hydrogen) atoms. The highest BCUT2D eigenvalue weighted by Gasteiger charge is 2.10. The molecule has 0 fully saturated rings. The fourth-order valence-electron chi connectivity index (χ4n) is 1.54. The topological polar surface area (TPSA) is 84.1 Å². The Hall–Kier alpha value is -2.63. The van der Waals surface area contributed by atoms with E-state index >= 15 is 0 Å². The number of esters is 1. The molecule has 0 aliphatic rings. The third-order valence-corrected chi connectivity index (χ3v) is 2.50. The lowest BCUT2D eigenvalue weighted by molar-refractivity contribution is 0.0600. The van der Waals surface area contributed by atoms with Gasteiger partial charge in [-0.2, -0.15) is 5.10 Å². The number of ether oxygens (including phenoxy) is 1. The van der Waals surface area contributed by atoms with E-state index in [2.05, 4.69) is 20.3 Å². The zero-order valence-electron chi connectivity index (χ0n) is 10.6. The number of carbonyl (C=O) groups is 2.